The molecule has 1 unspecified atom stereocenters. The predicted molar refractivity (Wildman–Crippen MR) is 65.0 cm³/mol. The van der Waals surface area contributed by atoms with Crippen molar-refractivity contribution in [3.63, 3.8) is 0 Å². The Labute approximate surface area is 104 Å². The number of aliphatic hydroxyl groups excluding tert-OH is 1. The predicted octanol–water partition coefficient (Wildman–Crippen LogP) is 0.739. The van der Waals surface area contributed by atoms with Crippen LogP contribution in [0.25, 0.3) is 10.2 Å². The summed E-state index contributed by atoms with van der Waals surface area (Å²) in [4.78, 5) is 25.7. The normalized spacial score (nSPS) is 12.8. The molecule has 0 amide bonds. The van der Waals surface area contributed by atoms with E-state index in [9.17, 15) is 9.59 Å². The van der Waals surface area contributed by atoms with E-state index in [4.69, 9.17) is 22.4 Å². The molecule has 3 N–H and O–H groups in total. The van der Waals surface area contributed by atoms with Crippen molar-refractivity contribution in [1.29, 1.82) is 0 Å². The SMILES string of the molecule is O=C(O)C(CO)n1c(=S)[nH]c2ccsc2c1=O. The fraction of sp³-hybridized carbons (Fsp3) is 0.222. The van der Waals surface area contributed by atoms with Crippen molar-refractivity contribution in [2.24, 2.45) is 0 Å². The van der Waals surface area contributed by atoms with Gasteiger partial charge in [-0.25, -0.2) is 4.79 Å². The van der Waals surface area contributed by atoms with Gasteiger partial charge in [-0.2, -0.15) is 0 Å². The monoisotopic (exact) mass is 272 g/mol. The number of aliphatic hydroxyl groups is 1. The molecular weight excluding hydrogens is 264 g/mol. The highest BCUT2D eigenvalue weighted by Crippen LogP contribution is 2.15. The topological polar surface area (TPSA) is 95.3 Å². The lowest BCUT2D eigenvalue weighted by Gasteiger charge is -2.12. The van der Waals surface area contributed by atoms with E-state index in [0.717, 1.165) is 4.57 Å². The molecule has 2 heterocycles. The minimum absolute atomic E-state index is 0.0117. The van der Waals surface area contributed by atoms with Crippen LogP contribution in [0, 0.1) is 4.77 Å². The van der Waals surface area contributed by atoms with Gasteiger partial charge in [0.05, 0.1) is 12.1 Å². The van der Waals surface area contributed by atoms with Gasteiger partial charge in [-0.1, -0.05) is 0 Å². The van der Waals surface area contributed by atoms with Crippen molar-refractivity contribution < 1.29 is 15.0 Å². The van der Waals surface area contributed by atoms with E-state index in [-0.39, 0.29) is 4.77 Å². The number of aromatic amines is 1. The van der Waals surface area contributed by atoms with Crippen molar-refractivity contribution in [1.82, 2.24) is 9.55 Å². The Morgan fingerprint density at radius 2 is 2.35 bits per heavy atom. The molecule has 0 fully saturated rings. The highest BCUT2D eigenvalue weighted by atomic mass is 32.1. The Kier molecular flexibility index (Phi) is 3.09. The molecule has 17 heavy (non-hydrogen) atoms. The smallest absolute Gasteiger partial charge is 0.329 e. The minimum atomic E-state index is -1.36. The Morgan fingerprint density at radius 3 is 2.94 bits per heavy atom. The number of carboxylic acids is 1. The van der Waals surface area contributed by atoms with E-state index < -0.39 is 24.2 Å². The van der Waals surface area contributed by atoms with Crippen molar-refractivity contribution in [3.05, 3.63) is 26.6 Å². The Bertz CT molecular complexity index is 684. The van der Waals surface area contributed by atoms with Gasteiger partial charge in [-0.05, 0) is 23.7 Å². The Balaban J connectivity index is 2.81. The van der Waals surface area contributed by atoms with Gasteiger partial charge in [-0.15, -0.1) is 11.3 Å². The largest absolute Gasteiger partial charge is 0.480 e. The van der Waals surface area contributed by atoms with Crippen LogP contribution in [0.3, 0.4) is 0 Å². The van der Waals surface area contributed by atoms with E-state index in [2.05, 4.69) is 4.98 Å². The summed E-state index contributed by atoms with van der Waals surface area (Å²) in [5, 5.41) is 19.7. The number of nitrogens with zero attached hydrogens (tertiary/aromatic N) is 1. The third kappa shape index (κ3) is 1.90. The molecule has 0 aliphatic heterocycles. The van der Waals surface area contributed by atoms with Gasteiger partial charge in [0, 0.05) is 0 Å². The molecule has 0 aliphatic rings. The van der Waals surface area contributed by atoms with Crippen LogP contribution in [-0.4, -0.2) is 32.3 Å². The van der Waals surface area contributed by atoms with E-state index in [1.807, 2.05) is 0 Å². The van der Waals surface area contributed by atoms with Crippen LogP contribution in [0.5, 0.6) is 0 Å². The third-order valence-corrected chi connectivity index (χ3v) is 3.51. The highest BCUT2D eigenvalue weighted by Gasteiger charge is 2.22. The number of aliphatic carboxylic acids is 1. The van der Waals surface area contributed by atoms with Gasteiger partial charge in [0.25, 0.3) is 5.56 Å². The fourth-order valence-electron chi connectivity index (χ4n) is 1.50. The number of thiophene rings is 1. The number of nitrogens with one attached hydrogen (secondary N) is 1. The molecule has 2 aromatic heterocycles. The first-order chi connectivity index (χ1) is 8.06. The lowest BCUT2D eigenvalue weighted by molar-refractivity contribution is -0.142. The summed E-state index contributed by atoms with van der Waals surface area (Å²) >= 11 is 6.12. The van der Waals surface area contributed by atoms with Gasteiger partial charge < -0.3 is 15.2 Å². The maximum absolute atomic E-state index is 12.0. The molecule has 2 rings (SSSR count). The number of H-pyrrole nitrogens is 1. The lowest BCUT2D eigenvalue weighted by atomic mass is 10.3. The van der Waals surface area contributed by atoms with Crippen LogP contribution < -0.4 is 5.56 Å². The molecule has 0 saturated heterocycles. The second-order valence-corrected chi connectivity index (χ2v) is 4.61. The molecule has 0 aliphatic carbocycles. The zero-order valence-electron chi connectivity index (χ0n) is 8.41. The quantitative estimate of drug-likeness (QED) is 0.716. The van der Waals surface area contributed by atoms with Gasteiger partial charge in [-0.3, -0.25) is 9.36 Å². The molecule has 0 spiro atoms. The maximum Gasteiger partial charge on any atom is 0.329 e. The number of aromatic nitrogens is 2. The molecule has 90 valence electrons. The first kappa shape index (κ1) is 12.0. The Hall–Kier alpha value is -1.51. The standard InChI is InChI=1S/C9H8N2O4S2/c12-3-5(8(14)15)11-7(13)6-4(1-2-17-6)10-9(11)16/h1-2,5,12H,3H2,(H,10,16)(H,14,15). The van der Waals surface area contributed by atoms with Crippen molar-refractivity contribution in [2.75, 3.05) is 6.61 Å². The van der Waals surface area contributed by atoms with Crippen LogP contribution >= 0.6 is 23.6 Å². The molecular formula is C9H8N2O4S2. The van der Waals surface area contributed by atoms with E-state index in [0.29, 0.717) is 10.2 Å². The highest BCUT2D eigenvalue weighted by molar-refractivity contribution is 7.71. The molecule has 0 aromatic carbocycles. The zero-order chi connectivity index (χ0) is 12.6. The Morgan fingerprint density at radius 1 is 1.65 bits per heavy atom. The second kappa shape index (κ2) is 4.40. The van der Waals surface area contributed by atoms with Crippen molar-refractivity contribution >= 4 is 39.7 Å². The average Bonchev–Trinajstić information content (AvgIpc) is 2.71. The first-order valence-corrected chi connectivity index (χ1v) is 5.90. The van der Waals surface area contributed by atoms with Crippen molar-refractivity contribution in [3.8, 4) is 0 Å². The van der Waals surface area contributed by atoms with Gasteiger partial charge >= 0.3 is 5.97 Å². The number of hydrogen-bond acceptors (Lipinski definition) is 5. The fourth-order valence-corrected chi connectivity index (χ4v) is 2.61. The summed E-state index contributed by atoms with van der Waals surface area (Å²) in [5.74, 6) is -1.30. The number of hydrogen-bond donors (Lipinski definition) is 3. The average molecular weight is 272 g/mol. The second-order valence-electron chi connectivity index (χ2n) is 3.31. The maximum atomic E-state index is 12.0. The van der Waals surface area contributed by atoms with Crippen LogP contribution in [0.4, 0.5) is 0 Å². The van der Waals surface area contributed by atoms with Crippen LogP contribution in [0.1, 0.15) is 6.04 Å². The summed E-state index contributed by atoms with van der Waals surface area (Å²) in [6.07, 6.45) is 0. The summed E-state index contributed by atoms with van der Waals surface area (Å²) < 4.78 is 1.26. The minimum Gasteiger partial charge on any atom is -0.480 e. The van der Waals surface area contributed by atoms with Gasteiger partial charge in [0.15, 0.2) is 10.8 Å². The number of carboxylic acid groups (broad SMARTS) is 1. The van der Waals surface area contributed by atoms with Gasteiger partial charge in [0.1, 0.15) is 4.70 Å². The molecule has 0 radical (unpaired) electrons. The van der Waals surface area contributed by atoms with Gasteiger partial charge in [0.2, 0.25) is 0 Å². The van der Waals surface area contributed by atoms with Crippen LogP contribution in [-0.2, 0) is 4.79 Å². The molecule has 0 saturated carbocycles. The number of carbonyl (C=O) groups is 1. The number of fused-ring (bicyclic) bond motifs is 1. The molecule has 1 atom stereocenters. The van der Waals surface area contributed by atoms with Crippen LogP contribution in [0.15, 0.2) is 16.2 Å². The summed E-state index contributed by atoms with van der Waals surface area (Å²) in [6, 6.07) is 0.328. The van der Waals surface area contributed by atoms with E-state index >= 15 is 0 Å². The van der Waals surface area contributed by atoms with Crippen LogP contribution in [0.2, 0.25) is 0 Å². The summed E-state index contributed by atoms with van der Waals surface area (Å²) in [5.41, 5.74) is 0.0727. The van der Waals surface area contributed by atoms with Crippen molar-refractivity contribution in [2.45, 2.75) is 6.04 Å². The molecule has 0 bridgehead atoms. The summed E-state index contributed by atoms with van der Waals surface area (Å²) in [7, 11) is 0. The lowest BCUT2D eigenvalue weighted by Crippen LogP contribution is -2.33. The van der Waals surface area contributed by atoms with E-state index in [1.165, 1.54) is 11.3 Å². The molecule has 6 nitrogen and oxygen atoms in total. The zero-order valence-corrected chi connectivity index (χ0v) is 10.0. The molecule has 2 aromatic rings. The first-order valence-electron chi connectivity index (χ1n) is 4.62. The third-order valence-electron chi connectivity index (χ3n) is 2.31. The van der Waals surface area contributed by atoms with E-state index in [1.54, 1.807) is 11.4 Å². The number of rotatable bonds is 3. The molecule has 8 heteroatoms. The summed E-state index contributed by atoms with van der Waals surface area (Å²) in [6.45, 7) is -0.691.